The molecule has 2 amide bonds. The molecule has 1 fully saturated rings. The summed E-state index contributed by atoms with van der Waals surface area (Å²) in [5, 5.41) is 2.39. The number of carbonyl (C=O) groups is 2. The van der Waals surface area contributed by atoms with Crippen molar-refractivity contribution in [1.29, 1.82) is 0 Å². The van der Waals surface area contributed by atoms with Gasteiger partial charge in [0.2, 0.25) is 5.91 Å². The van der Waals surface area contributed by atoms with Gasteiger partial charge in [-0.2, -0.15) is 0 Å². The number of nitrogens with zero attached hydrogens (tertiary/aromatic N) is 1. The van der Waals surface area contributed by atoms with Crippen LogP contribution in [0.1, 0.15) is 34.8 Å². The van der Waals surface area contributed by atoms with Crippen molar-refractivity contribution in [1.82, 2.24) is 4.90 Å². The SMILES string of the molecule is CC(=O)Nc1cc(C(=O)N2CCOC[C@@H]2c2ccc(C)o2)ccc1F. The summed E-state index contributed by atoms with van der Waals surface area (Å²) in [4.78, 5) is 25.8. The largest absolute Gasteiger partial charge is 0.464 e. The number of nitrogens with one attached hydrogen (secondary N) is 1. The molecular formula is C18H19FN2O4. The smallest absolute Gasteiger partial charge is 0.254 e. The Balaban J connectivity index is 1.88. The van der Waals surface area contributed by atoms with Crippen molar-refractivity contribution >= 4 is 17.5 Å². The van der Waals surface area contributed by atoms with Crippen molar-refractivity contribution in [3.05, 3.63) is 53.2 Å². The number of furan rings is 1. The molecule has 0 saturated carbocycles. The van der Waals surface area contributed by atoms with Gasteiger partial charge in [0.25, 0.3) is 5.91 Å². The number of anilines is 1. The minimum absolute atomic E-state index is 0.0167. The molecule has 0 spiro atoms. The highest BCUT2D eigenvalue weighted by Crippen LogP contribution is 2.28. The van der Waals surface area contributed by atoms with Gasteiger partial charge in [0.05, 0.1) is 18.9 Å². The molecule has 6 nitrogen and oxygen atoms in total. The van der Waals surface area contributed by atoms with Gasteiger partial charge in [0, 0.05) is 19.0 Å². The summed E-state index contributed by atoms with van der Waals surface area (Å²) in [5.74, 6) is 0.136. The summed E-state index contributed by atoms with van der Waals surface area (Å²) >= 11 is 0. The zero-order chi connectivity index (χ0) is 18.0. The molecule has 0 aliphatic carbocycles. The molecule has 1 atom stereocenters. The molecule has 0 unspecified atom stereocenters. The summed E-state index contributed by atoms with van der Waals surface area (Å²) in [5.41, 5.74) is 0.275. The van der Waals surface area contributed by atoms with E-state index < -0.39 is 11.7 Å². The molecule has 1 aliphatic rings. The van der Waals surface area contributed by atoms with Crippen LogP contribution in [0, 0.1) is 12.7 Å². The third-order valence-electron chi connectivity index (χ3n) is 4.00. The van der Waals surface area contributed by atoms with E-state index in [1.165, 1.54) is 25.1 Å². The number of hydrogen-bond acceptors (Lipinski definition) is 4. The third kappa shape index (κ3) is 3.71. The quantitative estimate of drug-likeness (QED) is 0.928. The van der Waals surface area contributed by atoms with Crippen molar-refractivity contribution in [3.8, 4) is 0 Å². The Morgan fingerprint density at radius 2 is 2.08 bits per heavy atom. The number of halogens is 1. The van der Waals surface area contributed by atoms with Crippen molar-refractivity contribution in [3.63, 3.8) is 0 Å². The van der Waals surface area contributed by atoms with Gasteiger partial charge in [0.15, 0.2) is 0 Å². The van der Waals surface area contributed by atoms with Crippen molar-refractivity contribution < 1.29 is 23.1 Å². The van der Waals surface area contributed by atoms with Gasteiger partial charge in [0.1, 0.15) is 23.4 Å². The molecule has 1 aromatic heterocycles. The Labute approximate surface area is 144 Å². The molecule has 1 N–H and O–H groups in total. The number of carbonyl (C=O) groups excluding carboxylic acids is 2. The molecule has 132 valence electrons. The first-order valence-corrected chi connectivity index (χ1v) is 7.98. The first-order valence-electron chi connectivity index (χ1n) is 7.98. The lowest BCUT2D eigenvalue weighted by Crippen LogP contribution is -2.43. The Bertz CT molecular complexity index is 802. The van der Waals surface area contributed by atoms with E-state index in [0.29, 0.717) is 31.1 Å². The van der Waals surface area contributed by atoms with E-state index in [0.717, 1.165) is 5.76 Å². The molecule has 1 saturated heterocycles. The molecule has 25 heavy (non-hydrogen) atoms. The number of aryl methyl sites for hydroxylation is 1. The first-order chi connectivity index (χ1) is 12.0. The van der Waals surface area contributed by atoms with Gasteiger partial charge in [-0.05, 0) is 37.3 Å². The van der Waals surface area contributed by atoms with Crippen LogP contribution in [-0.2, 0) is 9.53 Å². The molecule has 7 heteroatoms. The standard InChI is InChI=1S/C18H19FN2O4/c1-11-3-6-17(25-11)16-10-24-8-7-21(16)18(23)13-4-5-14(19)15(9-13)20-12(2)22/h3-6,9,16H,7-8,10H2,1-2H3,(H,20,22)/t16-/m1/s1. The monoisotopic (exact) mass is 346 g/mol. The lowest BCUT2D eigenvalue weighted by Gasteiger charge is -2.34. The summed E-state index contributed by atoms with van der Waals surface area (Å²) in [6, 6.07) is 7.23. The van der Waals surface area contributed by atoms with Gasteiger partial charge >= 0.3 is 0 Å². The average Bonchev–Trinajstić information content (AvgIpc) is 3.02. The Kier molecular flexibility index (Phi) is 4.85. The Hall–Kier alpha value is -2.67. The van der Waals surface area contributed by atoms with E-state index in [1.54, 1.807) is 4.90 Å². The summed E-state index contributed by atoms with van der Waals surface area (Å²) in [7, 11) is 0. The normalized spacial score (nSPS) is 17.4. The maximum Gasteiger partial charge on any atom is 0.254 e. The van der Waals surface area contributed by atoms with E-state index in [2.05, 4.69) is 5.32 Å². The van der Waals surface area contributed by atoms with Crippen LogP contribution in [0.25, 0.3) is 0 Å². The number of rotatable bonds is 3. The molecular weight excluding hydrogens is 327 g/mol. The molecule has 0 bridgehead atoms. The van der Waals surface area contributed by atoms with E-state index >= 15 is 0 Å². The maximum atomic E-state index is 13.8. The number of amides is 2. The predicted octanol–water partition coefficient (Wildman–Crippen LogP) is 2.90. The fraction of sp³-hybridized carbons (Fsp3) is 0.333. The molecule has 0 radical (unpaired) electrons. The van der Waals surface area contributed by atoms with Crippen LogP contribution in [0.3, 0.4) is 0 Å². The minimum atomic E-state index is -0.591. The lowest BCUT2D eigenvalue weighted by molar-refractivity contribution is -0.114. The van der Waals surface area contributed by atoms with E-state index in [1.807, 2.05) is 19.1 Å². The summed E-state index contributed by atoms with van der Waals surface area (Å²) in [6.45, 7) is 4.26. The fourth-order valence-corrected chi connectivity index (χ4v) is 2.82. The van der Waals surface area contributed by atoms with Crippen molar-refractivity contribution in [2.75, 3.05) is 25.1 Å². The second-order valence-corrected chi connectivity index (χ2v) is 5.91. The number of morpholine rings is 1. The highest BCUT2D eigenvalue weighted by molar-refractivity contribution is 5.97. The first kappa shape index (κ1) is 17.2. The van der Waals surface area contributed by atoms with Crippen LogP contribution in [0.5, 0.6) is 0 Å². The molecule has 2 aromatic rings. The van der Waals surface area contributed by atoms with E-state index in [-0.39, 0.29) is 17.6 Å². The zero-order valence-corrected chi connectivity index (χ0v) is 14.0. The van der Waals surface area contributed by atoms with Gasteiger partial charge in [-0.25, -0.2) is 4.39 Å². The van der Waals surface area contributed by atoms with Crippen LogP contribution in [0.15, 0.2) is 34.7 Å². The van der Waals surface area contributed by atoms with Crippen molar-refractivity contribution in [2.24, 2.45) is 0 Å². The van der Waals surface area contributed by atoms with Gasteiger partial charge in [-0.1, -0.05) is 0 Å². The second kappa shape index (κ2) is 7.06. The topological polar surface area (TPSA) is 71.8 Å². The van der Waals surface area contributed by atoms with Crippen LogP contribution in [0.4, 0.5) is 10.1 Å². The van der Waals surface area contributed by atoms with E-state index in [4.69, 9.17) is 9.15 Å². The lowest BCUT2D eigenvalue weighted by atomic mass is 10.1. The highest BCUT2D eigenvalue weighted by Gasteiger charge is 2.31. The average molecular weight is 346 g/mol. The third-order valence-corrected chi connectivity index (χ3v) is 4.00. The van der Waals surface area contributed by atoms with E-state index in [9.17, 15) is 14.0 Å². The van der Waals surface area contributed by atoms with Gasteiger partial charge in [-0.15, -0.1) is 0 Å². The second-order valence-electron chi connectivity index (χ2n) is 5.91. The minimum Gasteiger partial charge on any atom is -0.464 e. The maximum absolute atomic E-state index is 13.8. The van der Waals surface area contributed by atoms with Crippen LogP contribution >= 0.6 is 0 Å². The number of ether oxygens (including phenoxy) is 1. The zero-order valence-electron chi connectivity index (χ0n) is 14.0. The Morgan fingerprint density at radius 3 is 2.76 bits per heavy atom. The predicted molar refractivity (Wildman–Crippen MR) is 88.7 cm³/mol. The number of benzene rings is 1. The molecule has 1 aromatic carbocycles. The Morgan fingerprint density at radius 1 is 1.28 bits per heavy atom. The molecule has 2 heterocycles. The highest BCUT2D eigenvalue weighted by atomic mass is 19.1. The van der Waals surface area contributed by atoms with Crippen LogP contribution in [0.2, 0.25) is 0 Å². The van der Waals surface area contributed by atoms with Crippen LogP contribution in [-0.4, -0.2) is 36.5 Å². The molecule has 3 rings (SSSR count). The van der Waals surface area contributed by atoms with Crippen molar-refractivity contribution in [2.45, 2.75) is 19.9 Å². The van der Waals surface area contributed by atoms with Crippen LogP contribution < -0.4 is 5.32 Å². The summed E-state index contributed by atoms with van der Waals surface area (Å²) < 4.78 is 24.9. The molecule has 1 aliphatic heterocycles. The van der Waals surface area contributed by atoms with Gasteiger partial charge in [-0.3, -0.25) is 9.59 Å². The van der Waals surface area contributed by atoms with Gasteiger partial charge < -0.3 is 19.4 Å². The number of hydrogen-bond donors (Lipinski definition) is 1. The fourth-order valence-electron chi connectivity index (χ4n) is 2.82. The summed E-state index contributed by atoms with van der Waals surface area (Å²) in [6.07, 6.45) is 0.